The molecule has 2 fully saturated rings. The molecule has 0 N–H and O–H groups in total. The zero-order chi connectivity index (χ0) is 20.0. The quantitative estimate of drug-likeness (QED) is 0.720. The van der Waals surface area contributed by atoms with E-state index in [1.54, 1.807) is 0 Å². The van der Waals surface area contributed by atoms with Gasteiger partial charge in [0.2, 0.25) is 5.91 Å². The van der Waals surface area contributed by atoms with Gasteiger partial charge in [0.15, 0.2) is 0 Å². The molecule has 0 radical (unpaired) electrons. The van der Waals surface area contributed by atoms with Gasteiger partial charge in [-0.25, -0.2) is 0 Å². The molecule has 1 saturated heterocycles. The molecule has 4 nitrogen and oxygen atoms in total. The predicted molar refractivity (Wildman–Crippen MR) is 115 cm³/mol. The van der Waals surface area contributed by atoms with Gasteiger partial charge < -0.3 is 9.47 Å². The maximum atomic E-state index is 13.2. The molecule has 5 heteroatoms. The normalized spacial score (nSPS) is 24.2. The summed E-state index contributed by atoms with van der Waals surface area (Å²) in [5.41, 5.74) is 2.79. The van der Waals surface area contributed by atoms with Crippen molar-refractivity contribution >= 4 is 17.5 Å². The average molecular weight is 411 g/mol. The first kappa shape index (κ1) is 18.9. The zero-order valence-electron chi connectivity index (χ0n) is 16.6. The SMILES string of the molecule is O=C(C1CCCCC1)N1CC2CC(C1)c1ccc(-c3ccc(Cl)cc3)c(=O)n1C2. The number of carbonyl (C=O) groups is 1. The van der Waals surface area contributed by atoms with E-state index in [0.29, 0.717) is 23.4 Å². The number of nitrogens with zero attached hydrogens (tertiary/aromatic N) is 2. The Hall–Kier alpha value is -2.07. The van der Waals surface area contributed by atoms with Gasteiger partial charge in [0.1, 0.15) is 0 Å². The van der Waals surface area contributed by atoms with Gasteiger partial charge in [-0.05, 0) is 55.0 Å². The minimum atomic E-state index is 0.0755. The second-order valence-electron chi connectivity index (χ2n) is 8.97. The van der Waals surface area contributed by atoms with E-state index < -0.39 is 0 Å². The third-order valence-corrected chi connectivity index (χ3v) is 7.28. The van der Waals surface area contributed by atoms with Gasteiger partial charge in [-0.1, -0.05) is 43.0 Å². The maximum absolute atomic E-state index is 13.2. The number of aromatic nitrogens is 1. The number of rotatable bonds is 2. The van der Waals surface area contributed by atoms with Gasteiger partial charge in [0.05, 0.1) is 0 Å². The summed E-state index contributed by atoms with van der Waals surface area (Å²) < 4.78 is 1.96. The summed E-state index contributed by atoms with van der Waals surface area (Å²) in [6.07, 6.45) is 6.80. The number of pyridine rings is 1. The summed E-state index contributed by atoms with van der Waals surface area (Å²) in [6.45, 7) is 2.26. The van der Waals surface area contributed by atoms with E-state index in [9.17, 15) is 9.59 Å². The first-order valence-electron chi connectivity index (χ1n) is 10.9. The Labute approximate surface area is 176 Å². The van der Waals surface area contributed by atoms with Crippen molar-refractivity contribution in [3.05, 3.63) is 57.5 Å². The van der Waals surface area contributed by atoms with E-state index in [0.717, 1.165) is 49.2 Å². The molecule has 1 aromatic carbocycles. The number of halogens is 1. The van der Waals surface area contributed by atoms with Crippen LogP contribution in [-0.2, 0) is 11.3 Å². The minimum Gasteiger partial charge on any atom is -0.341 e. The van der Waals surface area contributed by atoms with Gasteiger partial charge >= 0.3 is 0 Å². The van der Waals surface area contributed by atoms with E-state index in [4.69, 9.17) is 11.6 Å². The van der Waals surface area contributed by atoms with Crippen LogP contribution in [0.4, 0.5) is 0 Å². The molecule has 2 unspecified atom stereocenters. The number of amides is 1. The molecule has 2 bridgehead atoms. The summed E-state index contributed by atoms with van der Waals surface area (Å²) >= 11 is 6.00. The molecule has 1 amide bonds. The van der Waals surface area contributed by atoms with Gasteiger partial charge in [-0.2, -0.15) is 0 Å². The molecule has 1 saturated carbocycles. The van der Waals surface area contributed by atoms with Crippen LogP contribution in [0, 0.1) is 11.8 Å². The Morgan fingerprint density at radius 3 is 2.45 bits per heavy atom. The fourth-order valence-corrected chi connectivity index (χ4v) is 5.71. The lowest BCUT2D eigenvalue weighted by Crippen LogP contribution is -2.50. The topological polar surface area (TPSA) is 42.3 Å². The van der Waals surface area contributed by atoms with Crippen molar-refractivity contribution in [2.45, 2.75) is 51.0 Å². The number of fused-ring (bicyclic) bond motifs is 4. The lowest BCUT2D eigenvalue weighted by Gasteiger charge is -2.44. The second-order valence-corrected chi connectivity index (χ2v) is 9.41. The summed E-state index contributed by atoms with van der Waals surface area (Å²) in [7, 11) is 0. The monoisotopic (exact) mass is 410 g/mol. The van der Waals surface area contributed by atoms with Crippen LogP contribution in [0.2, 0.25) is 5.02 Å². The number of carbonyl (C=O) groups excluding carboxylic acids is 1. The molecule has 29 heavy (non-hydrogen) atoms. The van der Waals surface area contributed by atoms with E-state index in [-0.39, 0.29) is 17.4 Å². The van der Waals surface area contributed by atoms with Crippen LogP contribution >= 0.6 is 11.6 Å². The number of likely N-dealkylation sites (tertiary alicyclic amines) is 1. The molecule has 0 spiro atoms. The largest absolute Gasteiger partial charge is 0.341 e. The third kappa shape index (κ3) is 3.52. The molecule has 3 aliphatic rings. The van der Waals surface area contributed by atoms with Crippen LogP contribution in [0.1, 0.15) is 50.1 Å². The van der Waals surface area contributed by atoms with Crippen molar-refractivity contribution in [3.63, 3.8) is 0 Å². The molecule has 1 aliphatic carbocycles. The average Bonchev–Trinajstić information content (AvgIpc) is 2.75. The van der Waals surface area contributed by atoms with Gasteiger partial charge in [0.25, 0.3) is 5.56 Å². The molecular formula is C24H27ClN2O2. The van der Waals surface area contributed by atoms with Crippen LogP contribution in [0.25, 0.3) is 11.1 Å². The Kier molecular flexibility index (Phi) is 4.99. The van der Waals surface area contributed by atoms with E-state index >= 15 is 0 Å². The Balaban J connectivity index is 1.42. The van der Waals surface area contributed by atoms with Gasteiger partial charge in [-0.3, -0.25) is 9.59 Å². The third-order valence-electron chi connectivity index (χ3n) is 7.03. The summed E-state index contributed by atoms with van der Waals surface area (Å²) in [6, 6.07) is 11.5. The maximum Gasteiger partial charge on any atom is 0.258 e. The molecular weight excluding hydrogens is 384 g/mol. The van der Waals surface area contributed by atoms with Crippen LogP contribution in [-0.4, -0.2) is 28.5 Å². The van der Waals surface area contributed by atoms with Gasteiger partial charge in [0, 0.05) is 47.8 Å². The van der Waals surface area contributed by atoms with Crippen molar-refractivity contribution in [2.24, 2.45) is 11.8 Å². The van der Waals surface area contributed by atoms with Crippen molar-refractivity contribution < 1.29 is 4.79 Å². The number of hydrogen-bond acceptors (Lipinski definition) is 2. The lowest BCUT2D eigenvalue weighted by atomic mass is 9.81. The smallest absolute Gasteiger partial charge is 0.258 e. The fraction of sp³-hybridized carbons (Fsp3) is 0.500. The van der Waals surface area contributed by atoms with Crippen molar-refractivity contribution in [1.82, 2.24) is 9.47 Å². The fourth-order valence-electron chi connectivity index (χ4n) is 5.58. The molecule has 2 aromatic rings. The zero-order valence-corrected chi connectivity index (χ0v) is 17.4. The lowest BCUT2D eigenvalue weighted by molar-refractivity contribution is -0.139. The standard InChI is InChI=1S/C24H27ClN2O2/c25-20-8-6-17(7-9-20)21-10-11-22-19-12-16(14-27(22)24(21)29)13-26(15-19)23(28)18-4-2-1-3-5-18/h6-11,16,18-19H,1-5,12-15H2. The number of benzene rings is 1. The Morgan fingerprint density at radius 1 is 0.931 bits per heavy atom. The Morgan fingerprint density at radius 2 is 1.69 bits per heavy atom. The predicted octanol–water partition coefficient (Wildman–Crippen LogP) is 4.69. The highest BCUT2D eigenvalue weighted by Gasteiger charge is 2.38. The molecule has 3 heterocycles. The molecule has 2 aliphatic heterocycles. The van der Waals surface area contributed by atoms with Crippen molar-refractivity contribution in [3.8, 4) is 11.1 Å². The summed E-state index contributed by atoms with van der Waals surface area (Å²) in [5, 5.41) is 0.670. The summed E-state index contributed by atoms with van der Waals surface area (Å²) in [4.78, 5) is 28.4. The van der Waals surface area contributed by atoms with E-state index in [1.165, 1.54) is 19.3 Å². The van der Waals surface area contributed by atoms with E-state index in [2.05, 4.69) is 11.0 Å². The highest BCUT2D eigenvalue weighted by molar-refractivity contribution is 6.30. The van der Waals surface area contributed by atoms with Crippen molar-refractivity contribution in [1.29, 1.82) is 0 Å². The van der Waals surface area contributed by atoms with Crippen LogP contribution in [0.15, 0.2) is 41.2 Å². The first-order chi connectivity index (χ1) is 14.1. The van der Waals surface area contributed by atoms with Crippen LogP contribution in [0.5, 0.6) is 0 Å². The number of piperidine rings is 1. The van der Waals surface area contributed by atoms with Gasteiger partial charge in [-0.15, -0.1) is 0 Å². The highest BCUT2D eigenvalue weighted by atomic mass is 35.5. The second kappa shape index (κ2) is 7.64. The first-order valence-corrected chi connectivity index (χ1v) is 11.3. The highest BCUT2D eigenvalue weighted by Crippen LogP contribution is 2.37. The molecule has 1 aromatic heterocycles. The van der Waals surface area contributed by atoms with Crippen LogP contribution in [0.3, 0.4) is 0 Å². The molecule has 152 valence electrons. The molecule has 2 atom stereocenters. The van der Waals surface area contributed by atoms with E-state index in [1.807, 2.05) is 34.9 Å². The minimum absolute atomic E-state index is 0.0755. The van der Waals surface area contributed by atoms with Crippen molar-refractivity contribution in [2.75, 3.05) is 13.1 Å². The van der Waals surface area contributed by atoms with Crippen LogP contribution < -0.4 is 5.56 Å². The summed E-state index contributed by atoms with van der Waals surface area (Å²) in [5.74, 6) is 1.21. The Bertz CT molecular complexity index is 975. The number of hydrogen-bond donors (Lipinski definition) is 0. The molecule has 5 rings (SSSR count).